The van der Waals surface area contributed by atoms with Crippen molar-refractivity contribution in [3.63, 3.8) is 0 Å². The molecular weight excluding hydrogens is 126 g/mol. The zero-order valence-electron chi connectivity index (χ0n) is 6.21. The predicted molar refractivity (Wildman–Crippen MR) is 40.5 cm³/mol. The molecule has 1 aromatic heterocycles. The summed E-state index contributed by atoms with van der Waals surface area (Å²) in [6, 6.07) is 2.07. The van der Waals surface area contributed by atoms with Gasteiger partial charge in [0.05, 0.1) is 12.5 Å². The standard InChI is InChI=1S/C8H13NO/c1-2-3-8(9)7-4-5-10-6-7/h4-6,8H,2-3,9H2,1H3/t8-/m1/s1. The largest absolute Gasteiger partial charge is 0.472 e. The summed E-state index contributed by atoms with van der Waals surface area (Å²) in [5, 5.41) is 0. The first-order chi connectivity index (χ1) is 4.84. The molecule has 1 aromatic rings. The first-order valence-electron chi connectivity index (χ1n) is 3.62. The fraction of sp³-hybridized carbons (Fsp3) is 0.500. The number of rotatable bonds is 3. The SMILES string of the molecule is CCC[C@@H](N)c1ccoc1. The monoisotopic (exact) mass is 139 g/mol. The Bertz CT molecular complexity index is 169. The van der Waals surface area contributed by atoms with E-state index in [4.69, 9.17) is 10.2 Å². The lowest BCUT2D eigenvalue weighted by molar-refractivity contribution is 0.553. The van der Waals surface area contributed by atoms with E-state index >= 15 is 0 Å². The summed E-state index contributed by atoms with van der Waals surface area (Å²) in [6.45, 7) is 2.12. The van der Waals surface area contributed by atoms with Crippen LogP contribution < -0.4 is 5.73 Å². The molecule has 1 heterocycles. The molecule has 2 N–H and O–H groups in total. The Hall–Kier alpha value is -0.760. The van der Waals surface area contributed by atoms with Crippen molar-refractivity contribution in [3.8, 4) is 0 Å². The molecule has 0 spiro atoms. The van der Waals surface area contributed by atoms with Crippen LogP contribution in [0.3, 0.4) is 0 Å². The molecule has 0 aliphatic heterocycles. The van der Waals surface area contributed by atoms with Crippen LogP contribution in [-0.2, 0) is 0 Å². The zero-order valence-corrected chi connectivity index (χ0v) is 6.21. The van der Waals surface area contributed by atoms with Crippen LogP contribution in [-0.4, -0.2) is 0 Å². The van der Waals surface area contributed by atoms with Crippen molar-refractivity contribution in [2.24, 2.45) is 5.73 Å². The number of furan rings is 1. The van der Waals surface area contributed by atoms with Gasteiger partial charge in [0.25, 0.3) is 0 Å². The summed E-state index contributed by atoms with van der Waals surface area (Å²) < 4.78 is 4.90. The highest BCUT2D eigenvalue weighted by Crippen LogP contribution is 2.14. The Balaban J connectivity index is 2.50. The first-order valence-corrected chi connectivity index (χ1v) is 3.62. The number of hydrogen-bond donors (Lipinski definition) is 1. The lowest BCUT2D eigenvalue weighted by Gasteiger charge is -2.05. The molecule has 0 fully saturated rings. The van der Waals surface area contributed by atoms with Crippen molar-refractivity contribution in [2.45, 2.75) is 25.8 Å². The van der Waals surface area contributed by atoms with Gasteiger partial charge in [-0.15, -0.1) is 0 Å². The summed E-state index contributed by atoms with van der Waals surface area (Å²) in [5.74, 6) is 0. The minimum atomic E-state index is 0.156. The first kappa shape index (κ1) is 7.35. The molecular formula is C8H13NO. The van der Waals surface area contributed by atoms with E-state index in [-0.39, 0.29) is 6.04 Å². The van der Waals surface area contributed by atoms with Gasteiger partial charge in [0.2, 0.25) is 0 Å². The molecule has 0 aliphatic carbocycles. The highest BCUT2D eigenvalue weighted by molar-refractivity contribution is 5.10. The third-order valence-electron chi connectivity index (χ3n) is 1.57. The number of nitrogens with two attached hydrogens (primary N) is 1. The van der Waals surface area contributed by atoms with Crippen LogP contribution in [0.5, 0.6) is 0 Å². The maximum atomic E-state index is 5.79. The van der Waals surface area contributed by atoms with E-state index in [1.54, 1.807) is 12.5 Å². The van der Waals surface area contributed by atoms with Crippen LogP contribution in [0.4, 0.5) is 0 Å². The van der Waals surface area contributed by atoms with Crippen molar-refractivity contribution in [2.75, 3.05) is 0 Å². The Morgan fingerprint density at radius 1 is 1.70 bits per heavy atom. The van der Waals surface area contributed by atoms with Crippen LogP contribution in [0.15, 0.2) is 23.0 Å². The topological polar surface area (TPSA) is 39.2 Å². The van der Waals surface area contributed by atoms with Gasteiger partial charge in [-0.1, -0.05) is 13.3 Å². The van der Waals surface area contributed by atoms with Gasteiger partial charge in [0.15, 0.2) is 0 Å². The van der Waals surface area contributed by atoms with Gasteiger partial charge in [-0.05, 0) is 12.5 Å². The Kier molecular flexibility index (Phi) is 2.51. The third kappa shape index (κ3) is 1.61. The number of hydrogen-bond acceptors (Lipinski definition) is 2. The lowest BCUT2D eigenvalue weighted by Crippen LogP contribution is -2.07. The van der Waals surface area contributed by atoms with E-state index in [1.807, 2.05) is 6.07 Å². The van der Waals surface area contributed by atoms with Gasteiger partial charge >= 0.3 is 0 Å². The second-order valence-corrected chi connectivity index (χ2v) is 2.45. The Labute approximate surface area is 61.0 Å². The van der Waals surface area contributed by atoms with E-state index in [2.05, 4.69) is 6.92 Å². The van der Waals surface area contributed by atoms with Crippen molar-refractivity contribution in [1.29, 1.82) is 0 Å². The van der Waals surface area contributed by atoms with Gasteiger partial charge in [-0.2, -0.15) is 0 Å². The summed E-state index contributed by atoms with van der Waals surface area (Å²) in [6.07, 6.45) is 5.51. The molecule has 0 saturated heterocycles. The van der Waals surface area contributed by atoms with Crippen LogP contribution in [0.1, 0.15) is 31.4 Å². The average Bonchev–Trinajstić information content (AvgIpc) is 2.38. The minimum Gasteiger partial charge on any atom is -0.472 e. The van der Waals surface area contributed by atoms with Crippen LogP contribution in [0.25, 0.3) is 0 Å². The normalized spacial score (nSPS) is 13.4. The van der Waals surface area contributed by atoms with Gasteiger partial charge in [0.1, 0.15) is 0 Å². The van der Waals surface area contributed by atoms with E-state index in [0.717, 1.165) is 18.4 Å². The molecule has 0 aromatic carbocycles. The van der Waals surface area contributed by atoms with Crippen molar-refractivity contribution in [1.82, 2.24) is 0 Å². The van der Waals surface area contributed by atoms with E-state index in [1.165, 1.54) is 0 Å². The molecule has 0 bridgehead atoms. The molecule has 2 nitrogen and oxygen atoms in total. The quantitative estimate of drug-likeness (QED) is 0.696. The minimum absolute atomic E-state index is 0.156. The van der Waals surface area contributed by atoms with Crippen LogP contribution in [0.2, 0.25) is 0 Å². The average molecular weight is 139 g/mol. The van der Waals surface area contributed by atoms with E-state index in [0.29, 0.717) is 0 Å². The maximum absolute atomic E-state index is 5.79. The fourth-order valence-corrected chi connectivity index (χ4v) is 0.964. The smallest absolute Gasteiger partial charge is 0.0950 e. The lowest BCUT2D eigenvalue weighted by atomic mass is 10.1. The molecule has 0 radical (unpaired) electrons. The highest BCUT2D eigenvalue weighted by Gasteiger charge is 2.03. The molecule has 1 rings (SSSR count). The third-order valence-corrected chi connectivity index (χ3v) is 1.57. The molecule has 0 aliphatic rings. The Morgan fingerprint density at radius 2 is 2.50 bits per heavy atom. The second-order valence-electron chi connectivity index (χ2n) is 2.45. The zero-order chi connectivity index (χ0) is 7.40. The summed E-state index contributed by atoms with van der Waals surface area (Å²) in [4.78, 5) is 0. The summed E-state index contributed by atoms with van der Waals surface area (Å²) in [5.41, 5.74) is 6.89. The van der Waals surface area contributed by atoms with Gasteiger partial charge in [-0.25, -0.2) is 0 Å². The van der Waals surface area contributed by atoms with Crippen molar-refractivity contribution < 1.29 is 4.42 Å². The molecule has 0 unspecified atom stereocenters. The predicted octanol–water partition coefficient (Wildman–Crippen LogP) is 2.08. The molecule has 1 atom stereocenters. The van der Waals surface area contributed by atoms with E-state index in [9.17, 15) is 0 Å². The Morgan fingerprint density at radius 3 is 3.00 bits per heavy atom. The van der Waals surface area contributed by atoms with Gasteiger partial charge in [0, 0.05) is 11.6 Å². The van der Waals surface area contributed by atoms with Crippen LogP contribution >= 0.6 is 0 Å². The molecule has 0 amide bonds. The van der Waals surface area contributed by atoms with Crippen molar-refractivity contribution >= 4 is 0 Å². The molecule has 0 saturated carbocycles. The highest BCUT2D eigenvalue weighted by atomic mass is 16.3. The van der Waals surface area contributed by atoms with Crippen molar-refractivity contribution in [3.05, 3.63) is 24.2 Å². The molecule has 2 heteroatoms. The van der Waals surface area contributed by atoms with Gasteiger partial charge < -0.3 is 10.2 Å². The van der Waals surface area contributed by atoms with E-state index < -0.39 is 0 Å². The summed E-state index contributed by atoms with van der Waals surface area (Å²) in [7, 11) is 0. The maximum Gasteiger partial charge on any atom is 0.0950 e. The second kappa shape index (κ2) is 3.42. The molecule has 56 valence electrons. The summed E-state index contributed by atoms with van der Waals surface area (Å²) >= 11 is 0. The van der Waals surface area contributed by atoms with Gasteiger partial charge in [-0.3, -0.25) is 0 Å². The van der Waals surface area contributed by atoms with Crippen LogP contribution in [0, 0.1) is 0 Å². The molecule has 10 heavy (non-hydrogen) atoms. The fourth-order valence-electron chi connectivity index (χ4n) is 0.964.